The van der Waals surface area contributed by atoms with E-state index in [9.17, 15) is 27.9 Å². The molecule has 38 heavy (non-hydrogen) atoms. The van der Waals surface area contributed by atoms with E-state index in [1.54, 1.807) is 24.3 Å². The molecule has 11 heteroatoms. The quantitative estimate of drug-likeness (QED) is 0.288. The second-order valence-electron chi connectivity index (χ2n) is 8.52. The topological polar surface area (TPSA) is 92.9 Å². The lowest BCUT2D eigenvalue weighted by molar-refractivity contribution is -0.137. The Labute approximate surface area is 218 Å². The van der Waals surface area contributed by atoms with Crippen LogP contribution < -0.4 is 4.74 Å². The van der Waals surface area contributed by atoms with Crippen molar-refractivity contribution >= 4 is 34.3 Å². The summed E-state index contributed by atoms with van der Waals surface area (Å²) in [5.74, 6) is -2.50. The van der Waals surface area contributed by atoms with Gasteiger partial charge in [-0.25, -0.2) is 0 Å². The van der Waals surface area contributed by atoms with Crippen molar-refractivity contribution in [3.63, 3.8) is 0 Å². The number of halogens is 4. The van der Waals surface area contributed by atoms with E-state index in [1.807, 2.05) is 0 Å². The predicted octanol–water partition coefficient (Wildman–Crippen LogP) is 6.29. The second-order valence-corrected chi connectivity index (χ2v) is 8.95. The number of nitrogens with zero attached hydrogens (tertiary/aromatic N) is 2. The van der Waals surface area contributed by atoms with Gasteiger partial charge in [-0.1, -0.05) is 29.8 Å². The number of ketones is 1. The summed E-state index contributed by atoms with van der Waals surface area (Å²) in [5, 5.41) is 11.6. The monoisotopic (exact) mass is 542 g/mol. The minimum absolute atomic E-state index is 0.152. The van der Waals surface area contributed by atoms with Crippen molar-refractivity contribution in [1.82, 2.24) is 9.88 Å². The number of alkyl halides is 3. The summed E-state index contributed by atoms with van der Waals surface area (Å²) in [4.78, 5) is 32.2. The first-order chi connectivity index (χ1) is 18.1. The largest absolute Gasteiger partial charge is 0.503 e. The first-order valence-electron chi connectivity index (χ1n) is 11.2. The number of fused-ring (bicyclic) bond motifs is 1. The molecule has 1 unspecified atom stereocenters. The van der Waals surface area contributed by atoms with Gasteiger partial charge in [-0.05, 0) is 42.0 Å². The van der Waals surface area contributed by atoms with Crippen LogP contribution in [-0.2, 0) is 17.5 Å². The fourth-order valence-corrected chi connectivity index (χ4v) is 4.64. The molecule has 0 bridgehead atoms. The van der Waals surface area contributed by atoms with E-state index >= 15 is 0 Å². The number of amides is 1. The van der Waals surface area contributed by atoms with Gasteiger partial charge in [0.2, 0.25) is 5.78 Å². The fourth-order valence-electron chi connectivity index (χ4n) is 4.42. The molecule has 4 aromatic rings. The van der Waals surface area contributed by atoms with E-state index in [1.165, 1.54) is 37.6 Å². The molecule has 0 saturated carbocycles. The molecule has 0 radical (unpaired) electrons. The summed E-state index contributed by atoms with van der Waals surface area (Å²) >= 11 is 6.11. The fraction of sp³-hybridized carbons (Fsp3) is 0.148. The van der Waals surface area contributed by atoms with Crippen LogP contribution in [0, 0.1) is 0 Å². The normalized spacial score (nSPS) is 16.0. The Bertz CT molecular complexity index is 1600. The number of carbonyl (C=O) groups is 2. The molecule has 1 atom stereocenters. The Kier molecular flexibility index (Phi) is 6.36. The molecule has 2 aromatic heterocycles. The average Bonchev–Trinajstić information content (AvgIpc) is 3.43. The highest BCUT2D eigenvalue weighted by atomic mass is 35.5. The Morgan fingerprint density at radius 3 is 2.63 bits per heavy atom. The third-order valence-electron chi connectivity index (χ3n) is 6.11. The summed E-state index contributed by atoms with van der Waals surface area (Å²) in [5.41, 5.74) is -0.584. The molecule has 3 heterocycles. The molecule has 1 amide bonds. The molecule has 0 spiro atoms. The van der Waals surface area contributed by atoms with Crippen LogP contribution in [0.1, 0.15) is 33.4 Å². The molecular formula is C27H18ClF3N2O5. The van der Waals surface area contributed by atoms with Gasteiger partial charge in [0, 0.05) is 29.2 Å². The van der Waals surface area contributed by atoms with Gasteiger partial charge in [-0.3, -0.25) is 14.6 Å². The van der Waals surface area contributed by atoms with E-state index in [4.69, 9.17) is 20.8 Å². The van der Waals surface area contributed by atoms with E-state index in [0.29, 0.717) is 10.4 Å². The molecule has 0 saturated heterocycles. The van der Waals surface area contributed by atoms with Crippen LogP contribution in [0.3, 0.4) is 0 Å². The van der Waals surface area contributed by atoms with Crippen LogP contribution in [0.15, 0.2) is 82.6 Å². The highest BCUT2D eigenvalue weighted by Crippen LogP contribution is 2.41. The number of hydrogen-bond donors (Lipinski definition) is 1. The Hall–Kier alpha value is -4.31. The number of aliphatic hydroxyl groups is 1. The molecule has 0 aliphatic carbocycles. The van der Waals surface area contributed by atoms with Gasteiger partial charge < -0.3 is 19.2 Å². The summed E-state index contributed by atoms with van der Waals surface area (Å²) < 4.78 is 50.8. The van der Waals surface area contributed by atoms with Gasteiger partial charge in [0.15, 0.2) is 22.9 Å². The van der Waals surface area contributed by atoms with Crippen molar-refractivity contribution in [1.29, 1.82) is 0 Å². The molecule has 194 valence electrons. The number of furan rings is 1. The summed E-state index contributed by atoms with van der Waals surface area (Å²) in [6.07, 6.45) is -3.15. The summed E-state index contributed by atoms with van der Waals surface area (Å²) in [6, 6.07) is 12.5. The number of ether oxygens (including phenoxy) is 1. The summed E-state index contributed by atoms with van der Waals surface area (Å²) in [6.45, 7) is -0.325. The number of pyridine rings is 1. The number of methoxy groups -OCH3 is 1. The number of Topliss-reactive ketones (excluding diaryl/α,β-unsaturated/α-hetero) is 1. The van der Waals surface area contributed by atoms with Gasteiger partial charge in [-0.2, -0.15) is 13.2 Å². The highest BCUT2D eigenvalue weighted by molar-refractivity contribution is 6.31. The predicted molar refractivity (Wildman–Crippen MR) is 131 cm³/mol. The van der Waals surface area contributed by atoms with Crippen molar-refractivity contribution in [3.05, 3.63) is 106 Å². The molecule has 2 aromatic carbocycles. The molecular weight excluding hydrogens is 525 g/mol. The third-order valence-corrected chi connectivity index (χ3v) is 6.33. The van der Waals surface area contributed by atoms with Crippen LogP contribution in [0.4, 0.5) is 13.2 Å². The van der Waals surface area contributed by atoms with E-state index < -0.39 is 35.2 Å². The molecule has 1 N–H and O–H groups in total. The molecule has 0 fully saturated rings. The lowest BCUT2D eigenvalue weighted by atomic mass is 9.98. The van der Waals surface area contributed by atoms with Gasteiger partial charge in [0.1, 0.15) is 6.04 Å². The number of aromatic nitrogens is 1. The molecule has 1 aliphatic rings. The van der Waals surface area contributed by atoms with E-state index in [0.717, 1.165) is 17.0 Å². The standard InChI is InChI=1S/C27H18ClF3N2O5/c1-37-20-12-17(28)10-15-11-19(38-25(15)20)23(34)21-22(18-7-2-3-8-32-18)33(26(36)24(21)35)13-14-5-4-6-16(9-14)27(29,30)31/h2-12,22,35H,13H2,1H3. The van der Waals surface area contributed by atoms with Crippen molar-refractivity contribution in [3.8, 4) is 5.75 Å². The molecule has 1 aliphatic heterocycles. The van der Waals surface area contributed by atoms with Crippen LogP contribution in [0.5, 0.6) is 5.75 Å². The molecule has 7 nitrogen and oxygen atoms in total. The highest BCUT2D eigenvalue weighted by Gasteiger charge is 2.45. The Morgan fingerprint density at radius 1 is 1.16 bits per heavy atom. The Morgan fingerprint density at radius 2 is 1.95 bits per heavy atom. The first kappa shape index (κ1) is 25.3. The number of rotatable bonds is 6. The molecule has 5 rings (SSSR count). The van der Waals surface area contributed by atoms with E-state index in [2.05, 4.69) is 4.98 Å². The SMILES string of the molecule is COc1cc(Cl)cc2cc(C(=O)C3=C(O)C(=O)N(Cc4cccc(C(F)(F)F)c4)C3c3ccccn3)oc12. The number of carbonyl (C=O) groups excluding carboxylic acids is 2. The zero-order valence-electron chi connectivity index (χ0n) is 19.6. The number of benzene rings is 2. The zero-order valence-corrected chi connectivity index (χ0v) is 20.4. The maximum Gasteiger partial charge on any atom is 0.416 e. The van der Waals surface area contributed by atoms with Crippen molar-refractivity contribution in [2.24, 2.45) is 0 Å². The van der Waals surface area contributed by atoms with Gasteiger partial charge >= 0.3 is 6.18 Å². The zero-order chi connectivity index (χ0) is 27.2. The number of aliphatic hydroxyl groups excluding tert-OH is 1. The average molecular weight is 543 g/mol. The van der Waals surface area contributed by atoms with Crippen LogP contribution in [0.2, 0.25) is 5.02 Å². The lowest BCUT2D eigenvalue weighted by Gasteiger charge is -2.26. The maximum atomic E-state index is 13.7. The smallest absolute Gasteiger partial charge is 0.416 e. The van der Waals surface area contributed by atoms with Gasteiger partial charge in [-0.15, -0.1) is 0 Å². The van der Waals surface area contributed by atoms with Crippen LogP contribution in [0.25, 0.3) is 11.0 Å². The van der Waals surface area contributed by atoms with Crippen molar-refractivity contribution in [2.45, 2.75) is 18.8 Å². The van der Waals surface area contributed by atoms with Crippen LogP contribution >= 0.6 is 11.6 Å². The third kappa shape index (κ3) is 4.47. The van der Waals surface area contributed by atoms with Crippen LogP contribution in [-0.4, -0.2) is 33.8 Å². The first-order valence-corrected chi connectivity index (χ1v) is 11.6. The maximum absolute atomic E-state index is 13.7. The van der Waals surface area contributed by atoms with Crippen molar-refractivity contribution < 1.29 is 37.0 Å². The second kappa shape index (κ2) is 9.53. The van der Waals surface area contributed by atoms with E-state index in [-0.39, 0.29) is 40.5 Å². The Balaban J connectivity index is 1.58. The summed E-state index contributed by atoms with van der Waals surface area (Å²) in [7, 11) is 1.40. The minimum atomic E-state index is -4.59. The van der Waals surface area contributed by atoms with Gasteiger partial charge in [0.25, 0.3) is 5.91 Å². The van der Waals surface area contributed by atoms with Crippen molar-refractivity contribution in [2.75, 3.05) is 7.11 Å². The minimum Gasteiger partial charge on any atom is -0.503 e. The number of hydrogen-bond acceptors (Lipinski definition) is 6. The van der Waals surface area contributed by atoms with Gasteiger partial charge in [0.05, 0.1) is 23.9 Å². The lowest BCUT2D eigenvalue weighted by Crippen LogP contribution is -2.31.